The normalized spacial score (nSPS) is 12.3. The molecule has 0 rings (SSSR count). The van der Waals surface area contributed by atoms with Gasteiger partial charge >= 0.3 is 21.8 Å². The van der Waals surface area contributed by atoms with Crippen LogP contribution in [-0.2, 0) is 18.2 Å². The van der Waals surface area contributed by atoms with E-state index in [9.17, 15) is 9.13 Å². The minimum atomic E-state index is -4.64. The Hall–Kier alpha value is -0.750. The Morgan fingerprint density at radius 3 is 0.867 bits per heavy atom. The molecule has 0 atom stereocenters. The molecule has 0 radical (unpaired) electrons. The van der Waals surface area contributed by atoms with Gasteiger partial charge in [-0.25, -0.2) is 13.9 Å². The highest BCUT2D eigenvalue weighted by molar-refractivity contribution is 7.46. The lowest BCUT2D eigenvalue weighted by molar-refractivity contribution is -0.0325. The third-order valence-corrected chi connectivity index (χ3v) is 4.02. The summed E-state index contributed by atoms with van der Waals surface area (Å²) in [4.78, 5) is 41.8. The largest absolute Gasteiger partial charge is 0.503 e. The van der Waals surface area contributed by atoms with Crippen LogP contribution < -0.4 is 0 Å². The molecule has 17 nitrogen and oxygen atoms in total. The van der Waals surface area contributed by atoms with Crippen LogP contribution in [0.2, 0.25) is 0 Å². The molecular weight excluding hydrogens is 466 g/mol. The Labute approximate surface area is 169 Å². The molecule has 19 heteroatoms. The fourth-order valence-electron chi connectivity index (χ4n) is 1.02. The van der Waals surface area contributed by atoms with Crippen molar-refractivity contribution in [2.45, 2.75) is 0 Å². The van der Waals surface area contributed by atoms with Crippen molar-refractivity contribution in [3.63, 3.8) is 0 Å². The topological polar surface area (TPSA) is 312 Å². The Morgan fingerprint density at radius 2 is 0.767 bits per heavy atom. The highest BCUT2D eigenvalue weighted by Crippen LogP contribution is 2.38. The lowest BCUT2D eigenvalue weighted by atomic mass is 9.93. The summed E-state index contributed by atoms with van der Waals surface area (Å²) in [5, 5.41) is 66.3. The van der Waals surface area contributed by atoms with Crippen molar-refractivity contribution in [3.8, 4) is 0 Å². The van der Waals surface area contributed by atoms with Crippen LogP contribution in [0.4, 0.5) is 4.79 Å². The quantitative estimate of drug-likeness (QED) is 0.116. The summed E-state index contributed by atoms with van der Waals surface area (Å²) < 4.78 is 28.6. The molecule has 12 N–H and O–H groups in total. The van der Waals surface area contributed by atoms with E-state index in [1.165, 1.54) is 0 Å². The van der Waals surface area contributed by atoms with Crippen molar-refractivity contribution in [3.05, 3.63) is 0 Å². The van der Waals surface area contributed by atoms with Crippen LogP contribution in [0.5, 0.6) is 0 Å². The van der Waals surface area contributed by atoms with Gasteiger partial charge in [-0.15, -0.1) is 0 Å². The monoisotopic (exact) mass is 494 g/mol. The summed E-state index contributed by atoms with van der Waals surface area (Å²) in [6, 6.07) is 0. The molecule has 0 bridgehead atoms. The van der Waals surface area contributed by atoms with Crippen LogP contribution in [0.25, 0.3) is 0 Å². The van der Waals surface area contributed by atoms with Gasteiger partial charge < -0.3 is 60.4 Å². The number of aliphatic hydroxyl groups excluding tert-OH is 6. The Balaban J connectivity index is -0.000000412. The van der Waals surface area contributed by atoms with Crippen molar-refractivity contribution >= 4 is 21.8 Å². The van der Waals surface area contributed by atoms with E-state index < -0.39 is 85.5 Å². The van der Waals surface area contributed by atoms with Crippen LogP contribution >= 0.6 is 15.6 Å². The predicted octanol–water partition coefficient (Wildman–Crippen LogP) is -3.66. The molecule has 0 unspecified atom stereocenters. The summed E-state index contributed by atoms with van der Waals surface area (Å²) in [6.45, 7) is -4.97. The minimum absolute atomic E-state index is 0.610. The first kappa shape index (κ1) is 33.9. The van der Waals surface area contributed by atoms with Crippen LogP contribution in [-0.4, -0.2) is 119 Å². The Morgan fingerprint density at radius 1 is 0.600 bits per heavy atom. The van der Waals surface area contributed by atoms with Gasteiger partial charge in [0.25, 0.3) is 0 Å². The van der Waals surface area contributed by atoms with E-state index in [0.717, 1.165) is 0 Å². The van der Waals surface area contributed by atoms with Crippen molar-refractivity contribution in [2.75, 3.05) is 52.9 Å². The number of carbonyl (C=O) groups is 1. The molecule has 0 aliphatic rings. The summed E-state index contributed by atoms with van der Waals surface area (Å²) in [5.41, 5.74) is -2.83. The highest BCUT2D eigenvalue weighted by Gasteiger charge is 2.32. The lowest BCUT2D eigenvalue weighted by Gasteiger charge is -2.26. The zero-order valence-corrected chi connectivity index (χ0v) is 17.2. The molecule has 30 heavy (non-hydrogen) atoms. The number of rotatable bonds is 12. The molecule has 0 saturated heterocycles. The molecule has 0 amide bonds. The third-order valence-electron chi connectivity index (χ3n) is 3.09. The van der Waals surface area contributed by atoms with E-state index in [1.54, 1.807) is 0 Å². The zero-order chi connectivity index (χ0) is 24.6. The maximum Gasteiger partial charge on any atom is 0.503 e. The van der Waals surface area contributed by atoms with Gasteiger partial charge in [-0.1, -0.05) is 0 Å². The number of phosphoric ester groups is 2. The van der Waals surface area contributed by atoms with E-state index in [2.05, 4.69) is 9.05 Å². The maximum atomic E-state index is 10.3. The zero-order valence-electron chi connectivity index (χ0n) is 15.5. The molecule has 0 saturated carbocycles. The smallest absolute Gasteiger partial charge is 0.450 e. The first-order valence-electron chi connectivity index (χ1n) is 7.48. The summed E-state index contributed by atoms with van der Waals surface area (Å²) in [6.07, 6.45) is -1.83. The highest BCUT2D eigenvalue weighted by atomic mass is 31.2. The second kappa shape index (κ2) is 16.0. The number of hydrogen-bond acceptors (Lipinski definition) is 11. The molecule has 0 aromatic rings. The van der Waals surface area contributed by atoms with Crippen molar-refractivity contribution in [1.82, 2.24) is 0 Å². The molecule has 0 fully saturated rings. The molecule has 0 spiro atoms. The maximum absolute atomic E-state index is 10.3. The second-order valence-electron chi connectivity index (χ2n) is 5.76. The van der Waals surface area contributed by atoms with Crippen LogP contribution in [0.3, 0.4) is 0 Å². The molecule has 0 aliphatic carbocycles. The summed E-state index contributed by atoms with van der Waals surface area (Å²) in [7, 11) is -9.27. The summed E-state index contributed by atoms with van der Waals surface area (Å²) in [5.74, 6) is 0. The van der Waals surface area contributed by atoms with Crippen LogP contribution in [0, 0.1) is 10.8 Å². The molecule has 0 aromatic heterocycles. The molecule has 0 heterocycles. The Bertz CT molecular complexity index is 471. The minimum Gasteiger partial charge on any atom is -0.450 e. The van der Waals surface area contributed by atoms with Crippen LogP contribution in [0.1, 0.15) is 0 Å². The van der Waals surface area contributed by atoms with E-state index in [4.69, 9.17) is 65.2 Å². The first-order valence-corrected chi connectivity index (χ1v) is 10.5. The van der Waals surface area contributed by atoms with Crippen LogP contribution in [0.15, 0.2) is 0 Å². The van der Waals surface area contributed by atoms with E-state index >= 15 is 0 Å². The fraction of sp³-hybridized carbons (Fsp3) is 0.909. The average molecular weight is 494 g/mol. The van der Waals surface area contributed by atoms with E-state index in [-0.39, 0.29) is 0 Å². The number of phosphoric acid groups is 2. The fourth-order valence-corrected chi connectivity index (χ4v) is 1.90. The van der Waals surface area contributed by atoms with Crippen molar-refractivity contribution in [2.24, 2.45) is 10.8 Å². The van der Waals surface area contributed by atoms with Gasteiger partial charge in [-0.3, -0.25) is 9.05 Å². The number of carboxylic acid groups (broad SMARTS) is 2. The second-order valence-corrected chi connectivity index (χ2v) is 8.24. The first-order chi connectivity index (χ1) is 13.5. The standard InChI is InChI=1S/2C5H13O7P.CH2O3/c2*6-1-5(2-7,3-8)4-12-13(9,10)11;2-1(3)4/h2*6-8H,1-4H2,(H2,9,10,11);(H2,2,3,4). The molecule has 184 valence electrons. The van der Waals surface area contributed by atoms with E-state index in [0.29, 0.717) is 0 Å². The van der Waals surface area contributed by atoms with Gasteiger partial charge in [0.2, 0.25) is 0 Å². The van der Waals surface area contributed by atoms with Gasteiger partial charge in [-0.2, -0.15) is 0 Å². The SMILES string of the molecule is O=C(O)O.O=P(O)(O)OCC(CO)(CO)CO.O=P(O)(O)OCC(CO)(CO)CO. The molecular formula is C11H28O17P2. The average Bonchev–Trinajstić information content (AvgIpc) is 2.63. The molecule has 0 aliphatic heterocycles. The number of aliphatic hydroxyl groups is 6. The lowest BCUT2D eigenvalue weighted by Crippen LogP contribution is -2.38. The predicted molar refractivity (Wildman–Crippen MR) is 94.0 cm³/mol. The summed E-state index contributed by atoms with van der Waals surface area (Å²) >= 11 is 0. The van der Waals surface area contributed by atoms with E-state index in [1.807, 2.05) is 0 Å². The van der Waals surface area contributed by atoms with Crippen molar-refractivity contribution < 1.29 is 83.4 Å². The molecule has 0 aromatic carbocycles. The van der Waals surface area contributed by atoms with Gasteiger partial charge in [0.1, 0.15) is 0 Å². The number of hydrogen-bond donors (Lipinski definition) is 12. The van der Waals surface area contributed by atoms with Gasteiger partial charge in [0, 0.05) is 0 Å². The van der Waals surface area contributed by atoms with Crippen molar-refractivity contribution in [1.29, 1.82) is 0 Å². The van der Waals surface area contributed by atoms with Gasteiger partial charge in [0.05, 0.1) is 63.7 Å². The third kappa shape index (κ3) is 19.2. The van der Waals surface area contributed by atoms with Gasteiger partial charge in [0.15, 0.2) is 0 Å². The van der Waals surface area contributed by atoms with Gasteiger partial charge in [-0.05, 0) is 0 Å². The Kier molecular flexibility index (Phi) is 18.0.